The molecule has 2 atom stereocenters. The van der Waals surface area contributed by atoms with Crippen LogP contribution in [0.5, 0.6) is 0 Å². The molecular weight excluding hydrogens is 218 g/mol. The first-order valence-electron chi connectivity index (χ1n) is 5.78. The van der Waals surface area contributed by atoms with Gasteiger partial charge in [-0.2, -0.15) is 0 Å². The van der Waals surface area contributed by atoms with E-state index in [0.717, 1.165) is 36.4 Å². The number of aliphatic hydroxyl groups excluding tert-OH is 1. The average Bonchev–Trinajstić information content (AvgIpc) is 2.81. The van der Waals surface area contributed by atoms with E-state index in [2.05, 4.69) is 25.6 Å². The number of aromatic nitrogens is 3. The van der Waals surface area contributed by atoms with E-state index in [0.29, 0.717) is 0 Å². The number of H-pyrrole nitrogens is 1. The number of aliphatic hydroxyl groups is 1. The van der Waals surface area contributed by atoms with Crippen LogP contribution in [0.1, 0.15) is 6.42 Å². The fourth-order valence-electron chi connectivity index (χ4n) is 2.15. The van der Waals surface area contributed by atoms with Gasteiger partial charge in [0.05, 0.1) is 17.5 Å². The second-order valence-electron chi connectivity index (χ2n) is 4.27. The van der Waals surface area contributed by atoms with E-state index in [-0.39, 0.29) is 12.1 Å². The molecule has 2 aromatic rings. The lowest BCUT2D eigenvalue weighted by Crippen LogP contribution is -2.48. The van der Waals surface area contributed by atoms with Gasteiger partial charge >= 0.3 is 0 Å². The largest absolute Gasteiger partial charge is 0.391 e. The Morgan fingerprint density at radius 3 is 3.24 bits per heavy atom. The van der Waals surface area contributed by atoms with Crippen LogP contribution in [0.4, 0.5) is 5.82 Å². The topological polar surface area (TPSA) is 85.9 Å². The van der Waals surface area contributed by atoms with Crippen LogP contribution in [0.15, 0.2) is 18.6 Å². The summed E-state index contributed by atoms with van der Waals surface area (Å²) in [5, 5.41) is 17.4. The van der Waals surface area contributed by atoms with Gasteiger partial charge in [-0.15, -0.1) is 0 Å². The van der Waals surface area contributed by atoms with Crippen molar-refractivity contribution < 1.29 is 5.11 Å². The summed E-state index contributed by atoms with van der Waals surface area (Å²) >= 11 is 0. The van der Waals surface area contributed by atoms with Crippen molar-refractivity contribution in [1.82, 2.24) is 20.3 Å². The smallest absolute Gasteiger partial charge is 0.142 e. The monoisotopic (exact) mass is 233 g/mol. The van der Waals surface area contributed by atoms with Crippen LogP contribution in [-0.2, 0) is 0 Å². The Labute approximate surface area is 98.5 Å². The van der Waals surface area contributed by atoms with Crippen LogP contribution in [0.2, 0.25) is 0 Å². The number of anilines is 1. The number of nitrogens with one attached hydrogen (secondary N) is 3. The Bertz CT molecular complexity index is 511. The number of nitrogens with zero attached hydrogens (tertiary/aromatic N) is 2. The van der Waals surface area contributed by atoms with Gasteiger partial charge in [0.15, 0.2) is 0 Å². The second-order valence-corrected chi connectivity index (χ2v) is 4.27. The highest BCUT2D eigenvalue weighted by Gasteiger charge is 2.23. The van der Waals surface area contributed by atoms with Crippen LogP contribution in [0.3, 0.4) is 0 Å². The molecule has 3 heterocycles. The molecule has 90 valence electrons. The standard InChI is InChI=1S/C11H15N5O/c17-9-2-3-12-5-8(9)16-11-7-1-4-13-10(7)14-6-15-11/h1,4,6,8-9,12,17H,2-3,5H2,(H2,13,14,15,16)/t8-,9-/m1/s1. The summed E-state index contributed by atoms with van der Waals surface area (Å²) in [6, 6.07) is 1.93. The van der Waals surface area contributed by atoms with Crippen LogP contribution in [0.25, 0.3) is 11.0 Å². The molecule has 3 rings (SSSR count). The molecule has 17 heavy (non-hydrogen) atoms. The summed E-state index contributed by atoms with van der Waals surface area (Å²) < 4.78 is 0. The lowest BCUT2D eigenvalue weighted by molar-refractivity contribution is 0.124. The summed E-state index contributed by atoms with van der Waals surface area (Å²) in [5.74, 6) is 0.768. The zero-order valence-electron chi connectivity index (χ0n) is 9.35. The first-order valence-corrected chi connectivity index (χ1v) is 5.78. The number of fused-ring (bicyclic) bond motifs is 1. The van der Waals surface area contributed by atoms with Gasteiger partial charge < -0.3 is 20.7 Å². The summed E-state index contributed by atoms with van der Waals surface area (Å²) in [6.45, 7) is 1.61. The SMILES string of the molecule is O[C@@H]1CCNC[C@H]1Nc1ncnc2[nH]ccc12. The Kier molecular flexibility index (Phi) is 2.66. The molecule has 1 fully saturated rings. The van der Waals surface area contributed by atoms with Gasteiger partial charge in [0.1, 0.15) is 17.8 Å². The molecule has 0 unspecified atom stereocenters. The molecular formula is C11H15N5O. The Morgan fingerprint density at radius 2 is 2.35 bits per heavy atom. The molecule has 1 saturated heterocycles. The van der Waals surface area contributed by atoms with Gasteiger partial charge in [-0.3, -0.25) is 0 Å². The third kappa shape index (κ3) is 1.96. The molecule has 6 heteroatoms. The average molecular weight is 233 g/mol. The Hall–Kier alpha value is -1.66. The number of hydrogen-bond acceptors (Lipinski definition) is 5. The molecule has 0 aromatic carbocycles. The molecule has 2 aromatic heterocycles. The maximum Gasteiger partial charge on any atom is 0.142 e. The highest BCUT2D eigenvalue weighted by Crippen LogP contribution is 2.19. The zero-order chi connectivity index (χ0) is 11.7. The Balaban J connectivity index is 1.86. The second kappa shape index (κ2) is 4.31. The molecule has 0 saturated carbocycles. The quantitative estimate of drug-likeness (QED) is 0.591. The lowest BCUT2D eigenvalue weighted by atomic mass is 10.0. The van der Waals surface area contributed by atoms with Crippen molar-refractivity contribution >= 4 is 16.9 Å². The van der Waals surface area contributed by atoms with Crippen LogP contribution >= 0.6 is 0 Å². The van der Waals surface area contributed by atoms with E-state index in [4.69, 9.17) is 0 Å². The molecule has 0 amide bonds. The van der Waals surface area contributed by atoms with E-state index >= 15 is 0 Å². The van der Waals surface area contributed by atoms with E-state index in [9.17, 15) is 5.11 Å². The van der Waals surface area contributed by atoms with Crippen LogP contribution in [-0.4, -0.2) is 45.3 Å². The van der Waals surface area contributed by atoms with Crippen molar-refractivity contribution in [2.75, 3.05) is 18.4 Å². The van der Waals surface area contributed by atoms with E-state index < -0.39 is 0 Å². The van der Waals surface area contributed by atoms with Crippen molar-refractivity contribution in [2.45, 2.75) is 18.6 Å². The van der Waals surface area contributed by atoms with Crippen LogP contribution < -0.4 is 10.6 Å². The normalized spacial score (nSPS) is 25.0. The van der Waals surface area contributed by atoms with Crippen molar-refractivity contribution in [3.8, 4) is 0 Å². The van der Waals surface area contributed by atoms with Crippen molar-refractivity contribution in [3.63, 3.8) is 0 Å². The molecule has 0 spiro atoms. The number of aromatic amines is 1. The van der Waals surface area contributed by atoms with Gasteiger partial charge in [-0.05, 0) is 19.0 Å². The van der Waals surface area contributed by atoms with Gasteiger partial charge in [0.25, 0.3) is 0 Å². The predicted octanol–water partition coefficient (Wildman–Crippen LogP) is 0.0926. The van der Waals surface area contributed by atoms with Gasteiger partial charge in [0, 0.05) is 12.7 Å². The van der Waals surface area contributed by atoms with Gasteiger partial charge in [-0.1, -0.05) is 0 Å². The third-order valence-electron chi connectivity index (χ3n) is 3.12. The highest BCUT2D eigenvalue weighted by molar-refractivity contribution is 5.86. The van der Waals surface area contributed by atoms with Gasteiger partial charge in [-0.25, -0.2) is 9.97 Å². The minimum Gasteiger partial charge on any atom is -0.391 e. The summed E-state index contributed by atoms with van der Waals surface area (Å²) in [5.41, 5.74) is 0.806. The van der Waals surface area contributed by atoms with E-state index in [1.807, 2.05) is 12.3 Å². The van der Waals surface area contributed by atoms with Crippen LogP contribution in [0, 0.1) is 0 Å². The first kappa shape index (κ1) is 10.5. The minimum atomic E-state index is -0.333. The van der Waals surface area contributed by atoms with E-state index in [1.165, 1.54) is 6.33 Å². The van der Waals surface area contributed by atoms with Crippen molar-refractivity contribution in [1.29, 1.82) is 0 Å². The fraction of sp³-hybridized carbons (Fsp3) is 0.455. The van der Waals surface area contributed by atoms with Crippen molar-refractivity contribution in [2.24, 2.45) is 0 Å². The molecule has 0 aliphatic carbocycles. The third-order valence-corrected chi connectivity index (χ3v) is 3.12. The highest BCUT2D eigenvalue weighted by atomic mass is 16.3. The molecule has 6 nitrogen and oxygen atoms in total. The summed E-state index contributed by atoms with van der Waals surface area (Å²) in [4.78, 5) is 11.4. The molecule has 0 radical (unpaired) electrons. The maximum atomic E-state index is 9.90. The van der Waals surface area contributed by atoms with Gasteiger partial charge in [0.2, 0.25) is 0 Å². The lowest BCUT2D eigenvalue weighted by Gasteiger charge is -2.29. The molecule has 0 bridgehead atoms. The number of hydrogen-bond donors (Lipinski definition) is 4. The molecule has 4 N–H and O–H groups in total. The minimum absolute atomic E-state index is 0.00301. The summed E-state index contributed by atoms with van der Waals surface area (Å²) in [7, 11) is 0. The zero-order valence-corrected chi connectivity index (χ0v) is 9.35. The fourth-order valence-corrected chi connectivity index (χ4v) is 2.15. The Morgan fingerprint density at radius 1 is 1.41 bits per heavy atom. The number of piperidine rings is 1. The van der Waals surface area contributed by atoms with Crippen molar-refractivity contribution in [3.05, 3.63) is 18.6 Å². The predicted molar refractivity (Wildman–Crippen MR) is 64.8 cm³/mol. The first-order chi connectivity index (χ1) is 8.34. The van der Waals surface area contributed by atoms with E-state index in [1.54, 1.807) is 0 Å². The number of rotatable bonds is 2. The molecule has 1 aliphatic rings. The molecule has 1 aliphatic heterocycles. The summed E-state index contributed by atoms with van der Waals surface area (Å²) in [6.07, 6.45) is 3.78. The maximum absolute atomic E-state index is 9.90.